The minimum Gasteiger partial charge on any atom is -0.458 e. The maximum absolute atomic E-state index is 16.9. The van der Waals surface area contributed by atoms with Gasteiger partial charge in [-0.25, -0.2) is 9.59 Å². The SMILES string of the molecule is C=CC(C)(O)CC/C=C(\CO)C(=O)O[C@H]1[C@H](O)[C@@H](O)[C@H](O[C@](C)(C=C)CC/C=C(\CO)C(=O)O[C@H]2C[C@]3(C(=O)O[C@@H]4O[C@H](CO)[C@@H](O)[C@H](O)[C@H]4O[C@@H]4O[C@@H](C)[C@H](O[C@@H]5O[C@@H](CO)[C@H](O)[C@H]5O)[C@@H](O[C@@H]5O[C@H](CO)[C@@H](O)[C@H](O)[C@H]5O)[C@H]4O)[C@H](O)C[C@]4(C)C(=C[C@@H](O)[C@@H]5[C@@]6(C)CC[C@H](O[C@@H]7O[C@H](CO[C@@H]8O[C@H](C)[C@H](O)[C@H](O)[C@H]8O[C@@H]8OC[C@@H](O)[C@H](O)[C@H]8O)[C@@H](O)[C@H](O)[C@H]7NC(C)=O)C(C)(C)[C@@H]6CC[C@]54C)[C@@H]3CC2(C)C)O[C@@H]1C. The molecule has 1 amide bonds. The molecule has 0 aromatic carbocycles. The molecule has 4 saturated carbocycles. The van der Waals surface area contributed by atoms with E-state index in [0.29, 0.717) is 24.8 Å². The lowest BCUT2D eigenvalue weighted by atomic mass is 9.32. The summed E-state index contributed by atoms with van der Waals surface area (Å²) in [5, 5.41) is 285. The van der Waals surface area contributed by atoms with Crippen LogP contribution in [0.2, 0.25) is 0 Å². The van der Waals surface area contributed by atoms with Gasteiger partial charge in [0.15, 0.2) is 56.2 Å². The minimum atomic E-state index is -2.38. The highest BCUT2D eigenvalue weighted by molar-refractivity contribution is 5.89. The number of nitrogens with one attached hydrogen (secondary N) is 1. The van der Waals surface area contributed by atoms with E-state index in [-0.39, 0.29) is 62.0 Å². The van der Waals surface area contributed by atoms with Crippen molar-refractivity contribution in [2.75, 3.05) is 46.2 Å². The molecule has 13 rings (SSSR count). The molecule has 834 valence electrons. The summed E-state index contributed by atoms with van der Waals surface area (Å²) in [5.41, 5.74) is -10.6. The Morgan fingerprint density at radius 2 is 0.979 bits per heavy atom. The van der Waals surface area contributed by atoms with E-state index < -0.39 is 390 Å². The van der Waals surface area contributed by atoms with E-state index >= 15 is 9.59 Å². The number of carbonyl (C=O) groups is 4. The number of allylic oxidation sites excluding steroid dienone is 3. The van der Waals surface area contributed by atoms with Crippen LogP contribution in [0.1, 0.15) is 161 Å². The van der Waals surface area contributed by atoms with Gasteiger partial charge in [0.25, 0.3) is 0 Å². The van der Waals surface area contributed by atoms with Gasteiger partial charge in [-0.15, -0.1) is 13.2 Å². The van der Waals surface area contributed by atoms with Crippen molar-refractivity contribution in [3.8, 4) is 0 Å². The Kier molecular flexibility index (Phi) is 37.6. The number of hydrogen-bond donors (Lipinski definition) is 26. The van der Waals surface area contributed by atoms with Crippen molar-refractivity contribution in [1.82, 2.24) is 5.32 Å². The number of esters is 3. The summed E-state index contributed by atoms with van der Waals surface area (Å²) < 4.78 is 110. The van der Waals surface area contributed by atoms with E-state index in [2.05, 4.69) is 25.4 Å². The second kappa shape index (κ2) is 46.6. The van der Waals surface area contributed by atoms with Crippen LogP contribution >= 0.6 is 0 Å². The van der Waals surface area contributed by atoms with Gasteiger partial charge in [-0.1, -0.05) is 84.4 Å². The maximum atomic E-state index is 16.9. The highest BCUT2D eigenvalue weighted by Crippen LogP contribution is 2.76. The summed E-state index contributed by atoms with van der Waals surface area (Å²) in [6.45, 7) is 23.6. The first-order valence-electron chi connectivity index (χ1n) is 50.1. The zero-order chi connectivity index (χ0) is 108. The first-order chi connectivity index (χ1) is 68.4. The molecule has 0 radical (unpaired) electrons. The fraction of sp³-hybridized carbons (Fsp3) is 0.857. The third-order valence-electron chi connectivity index (χ3n) is 33.9. The second-order valence-corrected chi connectivity index (χ2v) is 44.3. The fourth-order valence-electron chi connectivity index (χ4n) is 24.8. The number of carbonyl (C=O) groups excluding carboxylic acids is 4. The Morgan fingerprint density at radius 1 is 0.479 bits per heavy atom. The standard InChI is InChI=1S/C98H155NO47/c1-16-93(11,128)24-18-20-44(33-101)81(126)140-74-40(4)133-87(72(123)68(74)119)146-94(12,17-2)25-19-21-43(32-100)80(125)138-56-31-98(90(127)145-89-78(67(118)61(112)50(35-103)136-89)144-86-73(124)76(142-85-71(122)65(116)60(111)49(34-102)134-85)75(41(5)132-86)141-84-70(121)62(113)51(36-104)135-84)46(29-91(56,7)8)45-28-47(106)79-95(13)26-23-55(92(9,10)53(95)22-27-96(79,14)97(45,15)30-54(98)108)139-82-57(99-42(6)105)64(115)63(114)52(137-82)38-130-88-77(66(117)58(109)39(3)131-88)143-83-69(120)59(110)48(107)37-129-83/h16-17,20-21,28,39-41,46-79,82-89,100-104,106-124,128H,1-2,18-19,22-27,29-38H2,3-15H3,(H,99,105)/b43-21+,44-20+/t39-,40-,41+,46+,47-,48-,49-,50-,51+,52-,53+,54-,55+,56+,57-,58+,59+,60-,61-,62+,63-,64-,65+,66+,67+,68-,69-,70-,71-,72-,73-,74-,75+,76+,77-,78-,79-,82+,83+,84+,85+,86+,87+,88-,89+,93?,94-,95+,96-,97-,98-/m1/s1. The van der Waals surface area contributed by atoms with Gasteiger partial charge in [-0.3, -0.25) is 9.59 Å². The van der Waals surface area contributed by atoms with Crippen LogP contribution in [0.4, 0.5) is 0 Å². The van der Waals surface area contributed by atoms with Crippen LogP contribution < -0.4 is 5.32 Å². The van der Waals surface area contributed by atoms with Gasteiger partial charge >= 0.3 is 17.9 Å². The molecule has 8 heterocycles. The molecule has 26 N–H and O–H groups in total. The lowest BCUT2D eigenvalue weighted by Gasteiger charge is -2.72. The molecule has 13 aliphatic rings. The minimum absolute atomic E-state index is 0.0791. The average molecular weight is 2100 g/mol. The molecule has 8 saturated heterocycles. The number of amides is 1. The van der Waals surface area contributed by atoms with Crippen molar-refractivity contribution in [2.24, 2.45) is 50.2 Å². The lowest BCUT2D eigenvalue weighted by molar-refractivity contribution is -0.390. The summed E-state index contributed by atoms with van der Waals surface area (Å²) in [6, 6.07) is -1.43. The van der Waals surface area contributed by atoms with Gasteiger partial charge in [-0.05, 0) is 132 Å². The van der Waals surface area contributed by atoms with Crippen molar-refractivity contribution in [2.45, 2.75) is 430 Å². The van der Waals surface area contributed by atoms with Crippen molar-refractivity contribution in [3.63, 3.8) is 0 Å². The van der Waals surface area contributed by atoms with Crippen LogP contribution in [-0.2, 0) is 104 Å². The molecular weight excluding hydrogens is 1940 g/mol. The van der Waals surface area contributed by atoms with Crippen LogP contribution in [0.3, 0.4) is 0 Å². The quantitative estimate of drug-likeness (QED) is 0.00922. The number of aliphatic hydroxyl groups excluding tert-OH is 24. The highest BCUT2D eigenvalue weighted by Gasteiger charge is 2.75. The third-order valence-corrected chi connectivity index (χ3v) is 33.9. The van der Waals surface area contributed by atoms with Crippen LogP contribution in [0.15, 0.2) is 60.3 Å². The van der Waals surface area contributed by atoms with Gasteiger partial charge in [0.05, 0.1) is 105 Å². The monoisotopic (exact) mass is 2100 g/mol. The molecule has 0 spiro atoms. The Morgan fingerprint density at radius 3 is 1.58 bits per heavy atom. The highest BCUT2D eigenvalue weighted by atomic mass is 16.8. The number of hydrogen-bond acceptors (Lipinski definition) is 47. The largest absolute Gasteiger partial charge is 0.458 e. The summed E-state index contributed by atoms with van der Waals surface area (Å²) >= 11 is 0. The molecule has 12 fully saturated rings. The van der Waals surface area contributed by atoms with E-state index in [9.17, 15) is 137 Å². The summed E-state index contributed by atoms with van der Waals surface area (Å²) in [5.74, 6) is -6.48. The maximum Gasteiger partial charge on any atom is 0.336 e. The van der Waals surface area contributed by atoms with Crippen LogP contribution in [-0.4, -0.2) is 467 Å². The molecule has 48 nitrogen and oxygen atoms in total. The number of ether oxygens (including phenoxy) is 18. The van der Waals surface area contributed by atoms with Crippen molar-refractivity contribution >= 4 is 23.8 Å². The Hall–Kier alpha value is -5.02. The normalized spacial score (nSPS) is 48.0. The van der Waals surface area contributed by atoms with Crippen LogP contribution in [0, 0.1) is 50.2 Å². The lowest BCUT2D eigenvalue weighted by Crippen LogP contribution is -2.71. The molecule has 0 aromatic heterocycles. The van der Waals surface area contributed by atoms with E-state index in [1.807, 2.05) is 27.7 Å². The van der Waals surface area contributed by atoms with Gasteiger partial charge in [0.2, 0.25) is 12.2 Å². The molecule has 0 bridgehead atoms. The number of aliphatic hydroxyl groups is 25. The predicted molar refractivity (Wildman–Crippen MR) is 491 cm³/mol. The smallest absolute Gasteiger partial charge is 0.336 e. The Balaban J connectivity index is 0.795. The van der Waals surface area contributed by atoms with Gasteiger partial charge in [0, 0.05) is 24.7 Å². The van der Waals surface area contributed by atoms with Gasteiger partial charge < -0.3 is 218 Å². The second-order valence-electron chi connectivity index (χ2n) is 44.3. The van der Waals surface area contributed by atoms with Crippen LogP contribution in [0.5, 0.6) is 0 Å². The summed E-state index contributed by atoms with van der Waals surface area (Å²) in [6.07, 6.45) is -64.9. The Labute approximate surface area is 844 Å². The molecule has 0 aromatic rings. The molecule has 8 aliphatic heterocycles. The zero-order valence-electron chi connectivity index (χ0n) is 84.2. The third kappa shape index (κ3) is 22.9. The number of fused-ring (bicyclic) bond motifs is 7. The average Bonchev–Trinajstić information content (AvgIpc) is 0.765. The fourth-order valence-corrected chi connectivity index (χ4v) is 24.8. The molecular formula is C98H155NO47. The van der Waals surface area contributed by atoms with Crippen LogP contribution in [0.25, 0.3) is 0 Å². The van der Waals surface area contributed by atoms with E-state index in [0.717, 1.165) is 0 Å². The molecule has 48 heteroatoms. The van der Waals surface area contributed by atoms with Gasteiger partial charge in [0.1, 0.15) is 164 Å². The first kappa shape index (κ1) is 118. The number of rotatable bonds is 35. The van der Waals surface area contributed by atoms with Crippen molar-refractivity contribution < 1.29 is 232 Å². The molecule has 51 atom stereocenters. The summed E-state index contributed by atoms with van der Waals surface area (Å²) in [4.78, 5) is 58.5. The molecule has 146 heavy (non-hydrogen) atoms. The topological polar surface area (TPSA) is 752 Å². The first-order valence-corrected chi connectivity index (χ1v) is 50.1. The van der Waals surface area contributed by atoms with E-state index in [1.54, 1.807) is 26.8 Å². The Bertz CT molecular complexity index is 4530. The predicted octanol–water partition coefficient (Wildman–Crippen LogP) is -6.95. The van der Waals surface area contributed by atoms with Crippen molar-refractivity contribution in [1.29, 1.82) is 0 Å². The zero-order valence-corrected chi connectivity index (χ0v) is 84.2. The molecule has 1 unspecified atom stereocenters. The van der Waals surface area contributed by atoms with Crippen molar-refractivity contribution in [3.05, 3.63) is 60.3 Å². The van der Waals surface area contributed by atoms with Gasteiger partial charge in [-0.2, -0.15) is 0 Å². The van der Waals surface area contributed by atoms with E-state index in [4.69, 9.17) is 85.3 Å². The van der Waals surface area contributed by atoms with E-state index in [1.165, 1.54) is 58.9 Å². The molecule has 5 aliphatic carbocycles. The summed E-state index contributed by atoms with van der Waals surface area (Å²) in [7, 11) is 0.